The van der Waals surface area contributed by atoms with Gasteiger partial charge in [0.2, 0.25) is 0 Å². The Bertz CT molecular complexity index is 1210. The molecular weight excluding hydrogens is 444 g/mol. The van der Waals surface area contributed by atoms with Crippen LogP contribution >= 0.6 is 0 Å². The summed E-state index contributed by atoms with van der Waals surface area (Å²) < 4.78 is 0. The van der Waals surface area contributed by atoms with Crippen molar-refractivity contribution in [1.29, 1.82) is 0 Å². The zero-order chi connectivity index (χ0) is 24.9. The summed E-state index contributed by atoms with van der Waals surface area (Å²) in [5, 5.41) is 28.7. The SMILES string of the molecule is CC1=C(C(=O)Nc2ccccc2)C(c2ccc([NH+]([O-])O)cc2)C(C(=O)Nc2ccccc2)=C(C)N1. The Morgan fingerprint density at radius 1 is 0.771 bits per heavy atom. The molecule has 0 aliphatic carbocycles. The number of quaternary nitrogens is 1. The summed E-state index contributed by atoms with van der Waals surface area (Å²) in [6.45, 7) is 3.57. The monoisotopic (exact) mass is 470 g/mol. The predicted molar refractivity (Wildman–Crippen MR) is 134 cm³/mol. The van der Waals surface area contributed by atoms with Crippen molar-refractivity contribution in [2.24, 2.45) is 0 Å². The van der Waals surface area contributed by atoms with Crippen LogP contribution in [0.1, 0.15) is 25.3 Å². The van der Waals surface area contributed by atoms with Crippen LogP contribution in [0.4, 0.5) is 17.1 Å². The summed E-state index contributed by atoms with van der Waals surface area (Å²) in [4.78, 5) is 27.0. The molecule has 0 bridgehead atoms. The highest BCUT2D eigenvalue weighted by atomic mass is 16.8. The number of carbonyl (C=O) groups is 2. The first-order chi connectivity index (χ1) is 16.8. The number of amides is 2. The molecule has 178 valence electrons. The Hall–Kier alpha value is -4.24. The first-order valence-corrected chi connectivity index (χ1v) is 11.1. The number of nitrogens with one attached hydrogen (secondary N) is 4. The minimum Gasteiger partial charge on any atom is -0.595 e. The average molecular weight is 471 g/mol. The molecule has 0 saturated heterocycles. The lowest BCUT2D eigenvalue weighted by Crippen LogP contribution is -2.99. The van der Waals surface area contributed by atoms with Crippen molar-refractivity contribution in [2.75, 3.05) is 10.6 Å². The third-order valence-electron chi connectivity index (χ3n) is 5.80. The van der Waals surface area contributed by atoms with Crippen molar-refractivity contribution in [3.8, 4) is 0 Å². The van der Waals surface area contributed by atoms with E-state index in [1.807, 2.05) is 36.4 Å². The van der Waals surface area contributed by atoms with Gasteiger partial charge in [0, 0.05) is 52.0 Å². The molecule has 3 aromatic rings. The van der Waals surface area contributed by atoms with Gasteiger partial charge in [0.05, 0.1) is 0 Å². The molecule has 4 rings (SSSR count). The molecule has 3 aromatic carbocycles. The highest BCUT2D eigenvalue weighted by Gasteiger charge is 2.36. The molecule has 2 amide bonds. The maximum absolute atomic E-state index is 13.5. The van der Waals surface area contributed by atoms with Crippen LogP contribution in [0.25, 0.3) is 0 Å². The number of benzene rings is 3. The first kappa shape index (κ1) is 23.9. The lowest BCUT2D eigenvalue weighted by Gasteiger charge is -2.31. The Morgan fingerprint density at radius 3 is 1.60 bits per heavy atom. The zero-order valence-corrected chi connectivity index (χ0v) is 19.3. The molecule has 8 nitrogen and oxygen atoms in total. The Morgan fingerprint density at radius 2 is 1.20 bits per heavy atom. The summed E-state index contributed by atoms with van der Waals surface area (Å²) in [5.41, 5.74) is 3.97. The number of hydrogen-bond acceptors (Lipinski definition) is 5. The molecule has 8 heteroatoms. The standard InChI is InChI=1S/C27H26N4O4/c1-17-23(26(32)29-20-9-5-3-6-10-20)25(19-13-15-22(16-14-19)31(34)35)24(18(2)28-17)27(33)30-21-11-7-4-8-12-21/h3-16,25,28,31,34H,1-2H3,(H,29,32)(H,30,33). The van der Waals surface area contributed by atoms with E-state index in [4.69, 9.17) is 0 Å². The predicted octanol–water partition coefficient (Wildman–Crippen LogP) is 3.60. The maximum Gasteiger partial charge on any atom is 0.254 e. The van der Waals surface area contributed by atoms with Crippen LogP contribution in [0.15, 0.2) is 107 Å². The highest BCUT2D eigenvalue weighted by molar-refractivity contribution is 6.11. The van der Waals surface area contributed by atoms with Gasteiger partial charge in [-0.3, -0.25) is 9.59 Å². The van der Waals surface area contributed by atoms with Crippen molar-refractivity contribution >= 4 is 28.9 Å². The van der Waals surface area contributed by atoms with E-state index in [0.717, 1.165) is 0 Å². The Labute approximate surface area is 203 Å². The molecule has 0 fully saturated rings. The second-order valence-corrected chi connectivity index (χ2v) is 8.20. The minimum absolute atomic E-state index is 0.120. The fourth-order valence-corrected chi connectivity index (χ4v) is 4.19. The molecule has 1 atom stereocenters. The first-order valence-electron chi connectivity index (χ1n) is 11.1. The Kier molecular flexibility index (Phi) is 7.07. The third-order valence-corrected chi connectivity index (χ3v) is 5.80. The second kappa shape index (κ2) is 10.4. The van der Waals surface area contributed by atoms with E-state index in [1.165, 1.54) is 12.1 Å². The Balaban J connectivity index is 1.77. The van der Waals surface area contributed by atoms with Crippen molar-refractivity contribution in [2.45, 2.75) is 19.8 Å². The van der Waals surface area contributed by atoms with Gasteiger partial charge < -0.3 is 21.2 Å². The number of dihydropyridines is 1. The highest BCUT2D eigenvalue weighted by Crippen LogP contribution is 2.39. The molecule has 35 heavy (non-hydrogen) atoms. The van der Waals surface area contributed by atoms with Crippen LogP contribution in [-0.4, -0.2) is 17.0 Å². The molecule has 1 aliphatic rings. The summed E-state index contributed by atoms with van der Waals surface area (Å²) in [5.74, 6) is -1.43. The van der Waals surface area contributed by atoms with E-state index in [-0.39, 0.29) is 17.5 Å². The smallest absolute Gasteiger partial charge is 0.254 e. The molecule has 1 unspecified atom stereocenters. The van der Waals surface area contributed by atoms with Gasteiger partial charge >= 0.3 is 0 Å². The van der Waals surface area contributed by atoms with E-state index in [2.05, 4.69) is 16.0 Å². The molecule has 5 N–H and O–H groups in total. The van der Waals surface area contributed by atoms with Gasteiger partial charge in [-0.2, -0.15) is 5.23 Å². The zero-order valence-electron chi connectivity index (χ0n) is 19.3. The van der Waals surface area contributed by atoms with Gasteiger partial charge in [0.1, 0.15) is 0 Å². The number of allylic oxidation sites excluding steroid dienone is 2. The van der Waals surface area contributed by atoms with E-state index < -0.39 is 11.1 Å². The number of hydrogen-bond donors (Lipinski definition) is 5. The fourth-order valence-electron chi connectivity index (χ4n) is 4.19. The summed E-state index contributed by atoms with van der Waals surface area (Å²) in [6.07, 6.45) is 0. The van der Waals surface area contributed by atoms with Crippen molar-refractivity contribution in [3.63, 3.8) is 0 Å². The lowest BCUT2D eigenvalue weighted by molar-refractivity contribution is -0.991. The molecule has 0 spiro atoms. The van der Waals surface area contributed by atoms with Crippen LogP contribution < -0.4 is 21.2 Å². The van der Waals surface area contributed by atoms with Crippen LogP contribution in [0.2, 0.25) is 0 Å². The van der Waals surface area contributed by atoms with Crippen LogP contribution in [0.3, 0.4) is 0 Å². The summed E-state index contributed by atoms with van der Waals surface area (Å²) in [6, 6.07) is 24.4. The van der Waals surface area contributed by atoms with E-state index in [0.29, 0.717) is 39.5 Å². The van der Waals surface area contributed by atoms with E-state index >= 15 is 0 Å². The molecular formula is C27H26N4O4. The quantitative estimate of drug-likeness (QED) is 0.353. The molecule has 0 aromatic heterocycles. The summed E-state index contributed by atoms with van der Waals surface area (Å²) >= 11 is 0. The van der Waals surface area contributed by atoms with Gasteiger partial charge in [0.25, 0.3) is 11.8 Å². The fraction of sp³-hybridized carbons (Fsp3) is 0.111. The average Bonchev–Trinajstić information content (AvgIpc) is 2.84. The van der Waals surface area contributed by atoms with Gasteiger partial charge in [-0.25, -0.2) is 5.21 Å². The van der Waals surface area contributed by atoms with Crippen molar-refractivity contribution < 1.29 is 20.0 Å². The maximum atomic E-state index is 13.5. The minimum atomic E-state index is -1.05. The van der Waals surface area contributed by atoms with E-state index in [9.17, 15) is 20.0 Å². The number of carbonyl (C=O) groups excluding carboxylic acids is 2. The van der Waals surface area contributed by atoms with Crippen LogP contribution in [-0.2, 0) is 9.59 Å². The normalized spacial score (nSPS) is 14.9. The number of rotatable bonds is 6. The number of anilines is 2. The lowest BCUT2D eigenvalue weighted by atomic mass is 9.79. The van der Waals surface area contributed by atoms with Crippen molar-refractivity contribution in [1.82, 2.24) is 5.32 Å². The largest absolute Gasteiger partial charge is 0.595 e. The van der Waals surface area contributed by atoms with Gasteiger partial charge in [0.15, 0.2) is 5.69 Å². The number of para-hydroxylation sites is 2. The topological polar surface area (TPSA) is 118 Å². The van der Waals surface area contributed by atoms with Gasteiger partial charge in [-0.05, 0) is 43.7 Å². The summed E-state index contributed by atoms with van der Waals surface area (Å²) in [7, 11) is 0. The van der Waals surface area contributed by atoms with E-state index in [1.54, 1.807) is 50.2 Å². The van der Waals surface area contributed by atoms with Crippen molar-refractivity contribution in [3.05, 3.63) is 118 Å². The molecule has 1 heterocycles. The molecule has 0 radical (unpaired) electrons. The molecule has 1 aliphatic heterocycles. The van der Waals surface area contributed by atoms with Gasteiger partial charge in [-0.1, -0.05) is 48.5 Å². The molecule has 0 saturated carbocycles. The van der Waals surface area contributed by atoms with Crippen LogP contribution in [0.5, 0.6) is 0 Å². The van der Waals surface area contributed by atoms with Crippen LogP contribution in [0, 0.1) is 5.21 Å². The second-order valence-electron chi connectivity index (χ2n) is 8.20. The third kappa shape index (κ3) is 5.30. The van der Waals surface area contributed by atoms with Gasteiger partial charge in [-0.15, -0.1) is 0 Å².